The predicted octanol–water partition coefficient (Wildman–Crippen LogP) is 3.36. The van der Waals surface area contributed by atoms with Gasteiger partial charge in [0.15, 0.2) is 5.96 Å². The van der Waals surface area contributed by atoms with Gasteiger partial charge in [-0.3, -0.25) is 4.99 Å². The van der Waals surface area contributed by atoms with E-state index in [2.05, 4.69) is 33.0 Å². The Hall–Kier alpha value is -0.950. The zero-order valence-electron chi connectivity index (χ0n) is 12.9. The average molecular weight is 435 g/mol. The highest BCUT2D eigenvalue weighted by atomic mass is 127. The van der Waals surface area contributed by atoms with Gasteiger partial charge in [0.05, 0.1) is 0 Å². The van der Waals surface area contributed by atoms with E-state index in [1.165, 1.54) is 5.69 Å². The molecule has 1 aromatic rings. The molecule has 0 saturated carbocycles. The van der Waals surface area contributed by atoms with Crippen molar-refractivity contribution in [1.29, 1.82) is 0 Å². The van der Waals surface area contributed by atoms with Crippen molar-refractivity contribution in [1.82, 2.24) is 4.90 Å². The summed E-state index contributed by atoms with van der Waals surface area (Å²) in [7, 11) is 0. The van der Waals surface area contributed by atoms with Crippen molar-refractivity contribution >= 4 is 47.2 Å². The fourth-order valence-corrected chi connectivity index (χ4v) is 2.49. The molecule has 0 aromatic heterocycles. The average Bonchev–Trinajstić information content (AvgIpc) is 2.52. The fraction of sp³-hybridized carbons (Fsp3) is 0.438. The normalized spacial score (nSPS) is 16.0. The Kier molecular flexibility index (Phi) is 8.63. The molecule has 1 saturated heterocycles. The van der Waals surface area contributed by atoms with Crippen molar-refractivity contribution in [2.24, 2.45) is 10.7 Å². The number of allylic oxidation sites excluding steroid dienone is 1. The van der Waals surface area contributed by atoms with E-state index in [9.17, 15) is 0 Å². The fourth-order valence-electron chi connectivity index (χ4n) is 2.37. The lowest BCUT2D eigenvalue weighted by atomic mass is 10.2. The molecule has 1 aliphatic rings. The molecule has 1 aromatic carbocycles. The molecule has 1 aliphatic heterocycles. The number of benzene rings is 1. The highest BCUT2D eigenvalue weighted by Crippen LogP contribution is 2.19. The summed E-state index contributed by atoms with van der Waals surface area (Å²) >= 11 is 5.92. The van der Waals surface area contributed by atoms with Gasteiger partial charge in [-0.1, -0.05) is 23.8 Å². The standard InChI is InChI=1S/C16H23ClN4.HI/c1-2-3-4-9-19-16(18)21-12-10-20(11-13-21)15-7-5-14(17)6-8-15;/h2-3,5-8H,4,9-13H2,1H3,(H2,18,19);1H/b3-2+;. The van der Waals surface area contributed by atoms with Gasteiger partial charge in [-0.15, -0.1) is 24.0 Å². The van der Waals surface area contributed by atoms with Crippen LogP contribution in [0, 0.1) is 0 Å². The number of aliphatic imine (C=N–C) groups is 1. The topological polar surface area (TPSA) is 44.9 Å². The van der Waals surface area contributed by atoms with Crippen LogP contribution in [0.1, 0.15) is 13.3 Å². The molecule has 1 heterocycles. The van der Waals surface area contributed by atoms with Crippen LogP contribution in [0.15, 0.2) is 41.4 Å². The van der Waals surface area contributed by atoms with Gasteiger partial charge in [-0.05, 0) is 37.6 Å². The summed E-state index contributed by atoms with van der Waals surface area (Å²) < 4.78 is 0. The minimum Gasteiger partial charge on any atom is -0.370 e. The van der Waals surface area contributed by atoms with Crippen LogP contribution in [0.3, 0.4) is 0 Å². The van der Waals surface area contributed by atoms with E-state index < -0.39 is 0 Å². The minimum absolute atomic E-state index is 0. The SMILES string of the molecule is C/C=C/CCN=C(N)N1CCN(c2ccc(Cl)cc2)CC1.I. The number of halogens is 2. The largest absolute Gasteiger partial charge is 0.370 e. The Balaban J connectivity index is 0.00000242. The minimum atomic E-state index is 0. The Morgan fingerprint density at radius 3 is 2.45 bits per heavy atom. The quantitative estimate of drug-likeness (QED) is 0.260. The third-order valence-corrected chi connectivity index (χ3v) is 3.85. The number of hydrogen-bond donors (Lipinski definition) is 1. The Morgan fingerprint density at radius 1 is 1.23 bits per heavy atom. The maximum atomic E-state index is 6.05. The van der Waals surface area contributed by atoms with E-state index in [-0.39, 0.29) is 24.0 Å². The summed E-state index contributed by atoms with van der Waals surface area (Å²) in [4.78, 5) is 8.93. The Labute approximate surface area is 155 Å². The highest BCUT2D eigenvalue weighted by Gasteiger charge is 2.18. The van der Waals surface area contributed by atoms with E-state index in [4.69, 9.17) is 17.3 Å². The maximum absolute atomic E-state index is 6.05. The first kappa shape index (κ1) is 19.1. The van der Waals surface area contributed by atoms with E-state index in [1.807, 2.05) is 25.1 Å². The van der Waals surface area contributed by atoms with Crippen molar-refractivity contribution in [2.75, 3.05) is 37.6 Å². The summed E-state index contributed by atoms with van der Waals surface area (Å²) in [5, 5.41) is 0.773. The number of nitrogens with two attached hydrogens (primary N) is 1. The van der Waals surface area contributed by atoms with Crippen LogP contribution in [-0.4, -0.2) is 43.6 Å². The van der Waals surface area contributed by atoms with Crippen molar-refractivity contribution in [3.8, 4) is 0 Å². The van der Waals surface area contributed by atoms with E-state index in [1.54, 1.807) is 0 Å². The molecule has 0 aliphatic carbocycles. The summed E-state index contributed by atoms with van der Waals surface area (Å²) in [6.45, 7) is 6.49. The van der Waals surface area contributed by atoms with Crippen LogP contribution in [0.2, 0.25) is 5.02 Å². The van der Waals surface area contributed by atoms with Crippen molar-refractivity contribution in [3.05, 3.63) is 41.4 Å². The van der Waals surface area contributed by atoms with Crippen LogP contribution in [0.25, 0.3) is 0 Å². The number of nitrogens with zero attached hydrogens (tertiary/aromatic N) is 3. The molecule has 0 atom stereocenters. The molecule has 0 radical (unpaired) electrons. The molecule has 0 unspecified atom stereocenters. The summed E-state index contributed by atoms with van der Waals surface area (Å²) in [5.41, 5.74) is 7.26. The molecular formula is C16H24ClIN4. The van der Waals surface area contributed by atoms with Gasteiger partial charge in [-0.25, -0.2) is 0 Å². The summed E-state index contributed by atoms with van der Waals surface area (Å²) in [6.07, 6.45) is 5.09. The second-order valence-electron chi connectivity index (χ2n) is 5.05. The molecule has 0 spiro atoms. The molecule has 2 N–H and O–H groups in total. The Morgan fingerprint density at radius 2 is 1.86 bits per heavy atom. The highest BCUT2D eigenvalue weighted by molar-refractivity contribution is 14.0. The van der Waals surface area contributed by atoms with Crippen molar-refractivity contribution < 1.29 is 0 Å². The number of guanidine groups is 1. The van der Waals surface area contributed by atoms with Crippen LogP contribution in [0.5, 0.6) is 0 Å². The number of hydrogen-bond acceptors (Lipinski definition) is 2. The third kappa shape index (κ3) is 5.68. The van der Waals surface area contributed by atoms with Crippen molar-refractivity contribution in [3.63, 3.8) is 0 Å². The van der Waals surface area contributed by atoms with Crippen LogP contribution in [0.4, 0.5) is 5.69 Å². The summed E-state index contributed by atoms with van der Waals surface area (Å²) in [5.74, 6) is 0.662. The molecule has 0 amide bonds. The monoisotopic (exact) mass is 434 g/mol. The predicted molar refractivity (Wildman–Crippen MR) is 107 cm³/mol. The third-order valence-electron chi connectivity index (χ3n) is 3.60. The Bertz CT molecular complexity index is 493. The summed E-state index contributed by atoms with van der Waals surface area (Å²) in [6, 6.07) is 7.99. The van der Waals surface area contributed by atoms with E-state index in [0.717, 1.165) is 44.2 Å². The van der Waals surface area contributed by atoms with Gasteiger partial charge >= 0.3 is 0 Å². The maximum Gasteiger partial charge on any atom is 0.191 e. The first-order valence-electron chi connectivity index (χ1n) is 7.37. The molecule has 22 heavy (non-hydrogen) atoms. The molecule has 4 nitrogen and oxygen atoms in total. The lowest BCUT2D eigenvalue weighted by molar-refractivity contribution is 0.381. The lowest BCUT2D eigenvalue weighted by Gasteiger charge is -2.36. The second kappa shape index (κ2) is 9.94. The molecular weight excluding hydrogens is 411 g/mol. The van der Waals surface area contributed by atoms with E-state index >= 15 is 0 Å². The van der Waals surface area contributed by atoms with Gasteiger partial charge in [0, 0.05) is 43.4 Å². The van der Waals surface area contributed by atoms with Gasteiger partial charge in [0.1, 0.15) is 0 Å². The lowest BCUT2D eigenvalue weighted by Crippen LogP contribution is -2.51. The van der Waals surface area contributed by atoms with Gasteiger partial charge in [0.25, 0.3) is 0 Å². The molecule has 2 rings (SSSR count). The zero-order chi connectivity index (χ0) is 15.1. The number of piperazine rings is 1. The first-order chi connectivity index (χ1) is 10.2. The van der Waals surface area contributed by atoms with Crippen LogP contribution in [-0.2, 0) is 0 Å². The van der Waals surface area contributed by atoms with Crippen LogP contribution < -0.4 is 10.6 Å². The second-order valence-corrected chi connectivity index (χ2v) is 5.48. The van der Waals surface area contributed by atoms with Gasteiger partial charge < -0.3 is 15.5 Å². The van der Waals surface area contributed by atoms with Gasteiger partial charge in [-0.2, -0.15) is 0 Å². The molecule has 6 heteroatoms. The molecule has 122 valence electrons. The first-order valence-corrected chi connectivity index (χ1v) is 7.75. The zero-order valence-corrected chi connectivity index (χ0v) is 16.0. The van der Waals surface area contributed by atoms with Gasteiger partial charge in [0.2, 0.25) is 0 Å². The van der Waals surface area contributed by atoms with Crippen LogP contribution >= 0.6 is 35.6 Å². The number of rotatable bonds is 4. The smallest absolute Gasteiger partial charge is 0.191 e. The number of anilines is 1. The van der Waals surface area contributed by atoms with E-state index in [0.29, 0.717) is 5.96 Å². The van der Waals surface area contributed by atoms with Crippen molar-refractivity contribution in [2.45, 2.75) is 13.3 Å². The molecule has 0 bridgehead atoms. The molecule has 1 fully saturated rings.